The van der Waals surface area contributed by atoms with Gasteiger partial charge in [0.2, 0.25) is 0 Å². The van der Waals surface area contributed by atoms with Crippen LogP contribution < -0.4 is 15.8 Å². The van der Waals surface area contributed by atoms with E-state index >= 15 is 0 Å². The molecule has 0 heterocycles. The molecule has 5 heteroatoms. The molecule has 0 fully saturated rings. The Balaban J connectivity index is 1.83. The van der Waals surface area contributed by atoms with Crippen molar-refractivity contribution in [2.24, 2.45) is 5.73 Å². The van der Waals surface area contributed by atoms with E-state index in [0.717, 1.165) is 21.5 Å². The molecule has 0 aliphatic rings. The highest BCUT2D eigenvalue weighted by Gasteiger charge is 2.03. The fourth-order valence-electron chi connectivity index (χ4n) is 1.71. The van der Waals surface area contributed by atoms with Crippen molar-refractivity contribution in [2.45, 2.75) is 0 Å². The van der Waals surface area contributed by atoms with E-state index in [1.807, 2.05) is 48.5 Å². The SMILES string of the molecule is NC(=S)c1ccc(NCCOc2ccccc2)cc1Br. The Labute approximate surface area is 132 Å². The number of nitrogens with one attached hydrogen (secondary N) is 1. The van der Waals surface area contributed by atoms with E-state index in [-0.39, 0.29) is 0 Å². The average molecular weight is 351 g/mol. The van der Waals surface area contributed by atoms with Gasteiger partial charge in [0.15, 0.2) is 0 Å². The van der Waals surface area contributed by atoms with Crippen LogP contribution in [-0.2, 0) is 0 Å². The summed E-state index contributed by atoms with van der Waals surface area (Å²) in [6.07, 6.45) is 0. The summed E-state index contributed by atoms with van der Waals surface area (Å²) >= 11 is 8.42. The Kier molecular flexibility index (Phi) is 5.38. The molecule has 0 aliphatic carbocycles. The Morgan fingerprint density at radius 1 is 1.20 bits per heavy atom. The molecule has 0 aromatic heterocycles. The summed E-state index contributed by atoms with van der Waals surface area (Å²) in [7, 11) is 0. The number of para-hydroxylation sites is 1. The highest BCUT2D eigenvalue weighted by atomic mass is 79.9. The second-order valence-corrected chi connectivity index (χ2v) is 5.44. The molecular weight excluding hydrogens is 336 g/mol. The largest absolute Gasteiger partial charge is 0.492 e. The zero-order valence-electron chi connectivity index (χ0n) is 10.8. The summed E-state index contributed by atoms with van der Waals surface area (Å²) in [6.45, 7) is 1.31. The van der Waals surface area contributed by atoms with Gasteiger partial charge in [-0.3, -0.25) is 0 Å². The van der Waals surface area contributed by atoms with Gasteiger partial charge in [-0.15, -0.1) is 0 Å². The van der Waals surface area contributed by atoms with Gasteiger partial charge in [-0.25, -0.2) is 0 Å². The van der Waals surface area contributed by atoms with E-state index in [1.165, 1.54) is 0 Å². The molecule has 0 radical (unpaired) electrons. The first kappa shape index (κ1) is 14.8. The minimum atomic E-state index is 0.385. The van der Waals surface area contributed by atoms with Crippen molar-refractivity contribution in [3.05, 3.63) is 58.6 Å². The second-order valence-electron chi connectivity index (χ2n) is 4.15. The maximum atomic E-state index is 5.61. The van der Waals surface area contributed by atoms with Crippen molar-refractivity contribution in [3.8, 4) is 5.75 Å². The van der Waals surface area contributed by atoms with Crippen LogP contribution in [0.1, 0.15) is 5.56 Å². The highest BCUT2D eigenvalue weighted by Crippen LogP contribution is 2.21. The third-order valence-corrected chi connectivity index (χ3v) is 3.55. The fraction of sp³-hybridized carbons (Fsp3) is 0.133. The van der Waals surface area contributed by atoms with Gasteiger partial charge >= 0.3 is 0 Å². The molecule has 0 spiro atoms. The van der Waals surface area contributed by atoms with Crippen molar-refractivity contribution in [2.75, 3.05) is 18.5 Å². The van der Waals surface area contributed by atoms with E-state index in [1.54, 1.807) is 0 Å². The number of ether oxygens (including phenoxy) is 1. The number of nitrogens with two attached hydrogens (primary N) is 1. The summed E-state index contributed by atoms with van der Waals surface area (Å²) in [4.78, 5) is 0.385. The molecular formula is C15H15BrN2OS. The molecule has 0 unspecified atom stereocenters. The lowest BCUT2D eigenvalue weighted by molar-refractivity contribution is 0.333. The predicted octanol–water partition coefficient (Wildman–Crippen LogP) is 3.57. The van der Waals surface area contributed by atoms with Gasteiger partial charge in [0.05, 0.1) is 0 Å². The molecule has 20 heavy (non-hydrogen) atoms. The number of hydrogen-bond acceptors (Lipinski definition) is 3. The average Bonchev–Trinajstić information content (AvgIpc) is 2.44. The summed E-state index contributed by atoms with van der Waals surface area (Å²) in [5.74, 6) is 0.874. The van der Waals surface area contributed by atoms with Crippen LogP contribution in [0.5, 0.6) is 5.75 Å². The lowest BCUT2D eigenvalue weighted by Gasteiger charge is -2.10. The summed E-state index contributed by atoms with van der Waals surface area (Å²) in [5.41, 5.74) is 7.44. The Hall–Kier alpha value is -1.59. The normalized spacial score (nSPS) is 10.1. The fourth-order valence-corrected chi connectivity index (χ4v) is 2.61. The number of hydrogen-bond donors (Lipinski definition) is 2. The quantitative estimate of drug-likeness (QED) is 0.617. The van der Waals surface area contributed by atoms with Crippen LogP contribution in [0.4, 0.5) is 5.69 Å². The molecule has 0 atom stereocenters. The molecule has 2 rings (SSSR count). The van der Waals surface area contributed by atoms with E-state index in [4.69, 9.17) is 22.7 Å². The molecule has 3 nitrogen and oxygen atoms in total. The molecule has 0 saturated heterocycles. The minimum Gasteiger partial charge on any atom is -0.492 e. The van der Waals surface area contributed by atoms with Crippen LogP contribution in [0.15, 0.2) is 53.0 Å². The number of halogens is 1. The van der Waals surface area contributed by atoms with Crippen molar-refractivity contribution in [3.63, 3.8) is 0 Å². The predicted molar refractivity (Wildman–Crippen MR) is 90.5 cm³/mol. The zero-order chi connectivity index (χ0) is 14.4. The highest BCUT2D eigenvalue weighted by molar-refractivity contribution is 9.10. The smallest absolute Gasteiger partial charge is 0.119 e. The summed E-state index contributed by atoms with van der Waals surface area (Å²) in [6, 6.07) is 15.5. The minimum absolute atomic E-state index is 0.385. The standard InChI is InChI=1S/C15H15BrN2OS/c16-14-10-11(6-7-13(14)15(17)20)18-8-9-19-12-4-2-1-3-5-12/h1-7,10,18H,8-9H2,(H2,17,20). The number of benzene rings is 2. The van der Waals surface area contributed by atoms with Crippen LogP contribution in [0.3, 0.4) is 0 Å². The van der Waals surface area contributed by atoms with Crippen LogP contribution in [0.2, 0.25) is 0 Å². The van der Waals surface area contributed by atoms with Crippen molar-refractivity contribution < 1.29 is 4.74 Å². The molecule has 0 bridgehead atoms. The molecule has 3 N–H and O–H groups in total. The number of rotatable bonds is 6. The van der Waals surface area contributed by atoms with E-state index < -0.39 is 0 Å². The molecule has 104 valence electrons. The van der Waals surface area contributed by atoms with E-state index in [2.05, 4.69) is 21.2 Å². The topological polar surface area (TPSA) is 47.3 Å². The zero-order valence-corrected chi connectivity index (χ0v) is 13.2. The molecule has 2 aromatic carbocycles. The number of thiocarbonyl (C=S) groups is 1. The lowest BCUT2D eigenvalue weighted by Crippen LogP contribution is -2.13. The summed E-state index contributed by atoms with van der Waals surface area (Å²) < 4.78 is 6.49. The number of anilines is 1. The van der Waals surface area contributed by atoms with Crippen LogP contribution >= 0.6 is 28.1 Å². The van der Waals surface area contributed by atoms with Gasteiger partial charge in [0, 0.05) is 22.3 Å². The third kappa shape index (κ3) is 4.21. The lowest BCUT2D eigenvalue weighted by atomic mass is 10.2. The van der Waals surface area contributed by atoms with E-state index in [0.29, 0.717) is 18.1 Å². The van der Waals surface area contributed by atoms with Gasteiger partial charge < -0.3 is 15.8 Å². The second kappa shape index (κ2) is 7.26. The maximum absolute atomic E-state index is 5.61. The molecule has 0 amide bonds. The molecule has 0 aliphatic heterocycles. The van der Waals surface area contributed by atoms with Gasteiger partial charge in [0.25, 0.3) is 0 Å². The van der Waals surface area contributed by atoms with E-state index in [9.17, 15) is 0 Å². The summed E-state index contributed by atoms with van der Waals surface area (Å²) in [5, 5.41) is 3.28. The van der Waals surface area contributed by atoms with Crippen LogP contribution in [0.25, 0.3) is 0 Å². The monoisotopic (exact) mass is 350 g/mol. The Morgan fingerprint density at radius 2 is 1.95 bits per heavy atom. The van der Waals surface area contributed by atoms with Gasteiger partial charge in [-0.05, 0) is 46.3 Å². The van der Waals surface area contributed by atoms with Gasteiger partial charge in [-0.2, -0.15) is 0 Å². The molecule has 0 saturated carbocycles. The molecule has 2 aromatic rings. The van der Waals surface area contributed by atoms with Crippen LogP contribution in [0, 0.1) is 0 Å². The van der Waals surface area contributed by atoms with Gasteiger partial charge in [0.1, 0.15) is 17.3 Å². The van der Waals surface area contributed by atoms with Crippen LogP contribution in [-0.4, -0.2) is 18.1 Å². The van der Waals surface area contributed by atoms with Gasteiger partial charge in [-0.1, -0.05) is 30.4 Å². The Bertz CT molecular complexity index is 590. The first-order valence-corrected chi connectivity index (χ1v) is 7.38. The first-order valence-electron chi connectivity index (χ1n) is 6.18. The Morgan fingerprint density at radius 3 is 2.60 bits per heavy atom. The third-order valence-electron chi connectivity index (χ3n) is 2.68. The van der Waals surface area contributed by atoms with Crippen molar-refractivity contribution in [1.29, 1.82) is 0 Å². The maximum Gasteiger partial charge on any atom is 0.119 e. The van der Waals surface area contributed by atoms with Crippen molar-refractivity contribution in [1.82, 2.24) is 0 Å². The van der Waals surface area contributed by atoms with Crippen molar-refractivity contribution >= 4 is 38.8 Å². The first-order chi connectivity index (χ1) is 9.66.